The Labute approximate surface area is 111 Å². The fourth-order valence-electron chi connectivity index (χ4n) is 3.02. The summed E-state index contributed by atoms with van der Waals surface area (Å²) in [5, 5.41) is 0. The zero-order valence-corrected chi connectivity index (χ0v) is 12.6. The fourth-order valence-corrected chi connectivity index (χ4v) is 3.02. The van der Waals surface area contributed by atoms with Gasteiger partial charge in [-0.05, 0) is 18.3 Å². The van der Waals surface area contributed by atoms with Gasteiger partial charge in [0.15, 0.2) is 0 Å². The number of methoxy groups -OCH3 is 2. The van der Waals surface area contributed by atoms with Crippen LogP contribution in [0, 0.1) is 11.8 Å². The molecule has 0 saturated carbocycles. The van der Waals surface area contributed by atoms with Gasteiger partial charge in [0.1, 0.15) is 11.7 Å². The summed E-state index contributed by atoms with van der Waals surface area (Å²) in [4.78, 5) is 0. The minimum absolute atomic E-state index is 0.00583. The minimum atomic E-state index is -0.539. The number of hydrogen-bond acceptors (Lipinski definition) is 3. The van der Waals surface area contributed by atoms with Gasteiger partial charge in [0.2, 0.25) is 0 Å². The van der Waals surface area contributed by atoms with Crippen molar-refractivity contribution in [1.82, 2.24) is 0 Å². The number of rotatable bonds is 6. The molecule has 0 aromatic rings. The van der Waals surface area contributed by atoms with Crippen LogP contribution in [-0.2, 0) is 14.2 Å². The standard InChI is InChI=1S/C15H28O3/c1-8-15(17-7)13(11(4)5)18-12(9-10(2)3)14(15)16-6/h8,10-14H,1,9H2,2-7H3/t12-,13+,14-,15+/m1/s1. The summed E-state index contributed by atoms with van der Waals surface area (Å²) in [7, 11) is 3.44. The highest BCUT2D eigenvalue weighted by atomic mass is 16.6. The van der Waals surface area contributed by atoms with E-state index in [2.05, 4.69) is 34.3 Å². The summed E-state index contributed by atoms with van der Waals surface area (Å²) < 4.78 is 17.7. The first-order chi connectivity index (χ1) is 8.42. The summed E-state index contributed by atoms with van der Waals surface area (Å²) in [5.41, 5.74) is -0.539. The molecule has 0 radical (unpaired) electrons. The molecule has 1 saturated heterocycles. The molecule has 0 N–H and O–H groups in total. The molecule has 1 aliphatic rings. The molecular formula is C15H28O3. The van der Waals surface area contributed by atoms with Crippen molar-refractivity contribution in [2.24, 2.45) is 11.8 Å². The van der Waals surface area contributed by atoms with E-state index in [0.717, 1.165) is 6.42 Å². The molecule has 0 aromatic heterocycles. The molecule has 0 aromatic carbocycles. The lowest BCUT2D eigenvalue weighted by molar-refractivity contribution is -0.0932. The highest BCUT2D eigenvalue weighted by Crippen LogP contribution is 2.42. The van der Waals surface area contributed by atoms with E-state index >= 15 is 0 Å². The first-order valence-electron chi connectivity index (χ1n) is 6.79. The van der Waals surface area contributed by atoms with Crippen molar-refractivity contribution >= 4 is 0 Å². The molecule has 4 atom stereocenters. The minimum Gasteiger partial charge on any atom is -0.375 e. The van der Waals surface area contributed by atoms with Gasteiger partial charge in [-0.3, -0.25) is 0 Å². The van der Waals surface area contributed by atoms with Gasteiger partial charge in [0, 0.05) is 14.2 Å². The number of ether oxygens (including phenoxy) is 3. The Balaban J connectivity index is 3.05. The van der Waals surface area contributed by atoms with Crippen LogP contribution in [0.1, 0.15) is 34.1 Å². The van der Waals surface area contributed by atoms with Gasteiger partial charge in [-0.25, -0.2) is 0 Å². The maximum Gasteiger partial charge on any atom is 0.140 e. The third kappa shape index (κ3) is 2.63. The summed E-state index contributed by atoms with van der Waals surface area (Å²) in [6.07, 6.45) is 2.80. The molecule has 1 aliphatic heterocycles. The fraction of sp³-hybridized carbons (Fsp3) is 0.867. The SMILES string of the molecule is C=C[C@@]1(OC)[C@H](OC)[C@@H](CC(C)C)O[C@H]1C(C)C. The van der Waals surface area contributed by atoms with Gasteiger partial charge in [-0.15, -0.1) is 6.58 Å². The van der Waals surface area contributed by atoms with Gasteiger partial charge in [0.25, 0.3) is 0 Å². The maximum atomic E-state index is 6.21. The first kappa shape index (κ1) is 15.7. The van der Waals surface area contributed by atoms with Crippen molar-refractivity contribution in [2.45, 2.75) is 58.0 Å². The molecule has 1 rings (SSSR count). The van der Waals surface area contributed by atoms with E-state index < -0.39 is 5.60 Å². The van der Waals surface area contributed by atoms with Crippen molar-refractivity contribution in [2.75, 3.05) is 14.2 Å². The Morgan fingerprint density at radius 2 is 1.89 bits per heavy atom. The van der Waals surface area contributed by atoms with E-state index in [-0.39, 0.29) is 18.3 Å². The molecule has 0 spiro atoms. The van der Waals surface area contributed by atoms with Gasteiger partial charge in [-0.2, -0.15) is 0 Å². The summed E-state index contributed by atoms with van der Waals surface area (Å²) >= 11 is 0. The molecule has 106 valence electrons. The molecule has 1 heterocycles. The zero-order valence-electron chi connectivity index (χ0n) is 12.6. The van der Waals surface area contributed by atoms with Crippen LogP contribution in [0.25, 0.3) is 0 Å². The summed E-state index contributed by atoms with van der Waals surface area (Å²) in [5.74, 6) is 0.927. The second-order valence-corrected chi connectivity index (χ2v) is 5.89. The molecule has 3 heteroatoms. The largest absolute Gasteiger partial charge is 0.375 e. The molecule has 0 amide bonds. The highest BCUT2D eigenvalue weighted by molar-refractivity contribution is 5.15. The normalized spacial score (nSPS) is 36.6. The third-order valence-corrected chi connectivity index (χ3v) is 3.78. The lowest BCUT2D eigenvalue weighted by Gasteiger charge is -2.35. The lowest BCUT2D eigenvalue weighted by atomic mass is 9.83. The van der Waals surface area contributed by atoms with E-state index in [1.165, 1.54) is 0 Å². The van der Waals surface area contributed by atoms with Crippen molar-refractivity contribution in [1.29, 1.82) is 0 Å². The van der Waals surface area contributed by atoms with Crippen LogP contribution in [0.3, 0.4) is 0 Å². The first-order valence-corrected chi connectivity index (χ1v) is 6.79. The summed E-state index contributed by atoms with van der Waals surface area (Å²) in [6.45, 7) is 12.6. The van der Waals surface area contributed by atoms with Gasteiger partial charge >= 0.3 is 0 Å². The van der Waals surface area contributed by atoms with Crippen molar-refractivity contribution < 1.29 is 14.2 Å². The van der Waals surface area contributed by atoms with Crippen molar-refractivity contribution in [3.8, 4) is 0 Å². The van der Waals surface area contributed by atoms with Crippen LogP contribution in [0.15, 0.2) is 12.7 Å². The average Bonchev–Trinajstić information content (AvgIpc) is 2.62. The third-order valence-electron chi connectivity index (χ3n) is 3.78. The maximum absolute atomic E-state index is 6.21. The van der Waals surface area contributed by atoms with Crippen LogP contribution in [0.2, 0.25) is 0 Å². The smallest absolute Gasteiger partial charge is 0.140 e. The Bertz CT molecular complexity index is 275. The Morgan fingerprint density at radius 1 is 1.28 bits per heavy atom. The van der Waals surface area contributed by atoms with E-state index in [9.17, 15) is 0 Å². The molecular weight excluding hydrogens is 228 g/mol. The van der Waals surface area contributed by atoms with E-state index in [4.69, 9.17) is 14.2 Å². The zero-order chi connectivity index (χ0) is 13.9. The number of hydrogen-bond donors (Lipinski definition) is 0. The van der Waals surface area contributed by atoms with E-state index in [0.29, 0.717) is 11.8 Å². The Kier molecular flexibility index (Phi) is 5.38. The molecule has 18 heavy (non-hydrogen) atoms. The van der Waals surface area contributed by atoms with Crippen molar-refractivity contribution in [3.63, 3.8) is 0 Å². The predicted molar refractivity (Wildman–Crippen MR) is 73.7 cm³/mol. The molecule has 1 fully saturated rings. The predicted octanol–water partition coefficient (Wildman–Crippen LogP) is 3.04. The molecule has 0 aliphatic carbocycles. The lowest BCUT2D eigenvalue weighted by Crippen LogP contribution is -2.50. The second-order valence-electron chi connectivity index (χ2n) is 5.89. The van der Waals surface area contributed by atoms with Crippen LogP contribution in [0.4, 0.5) is 0 Å². The Hall–Kier alpha value is -0.380. The van der Waals surface area contributed by atoms with Crippen LogP contribution in [0.5, 0.6) is 0 Å². The molecule has 0 bridgehead atoms. The second kappa shape index (κ2) is 6.18. The van der Waals surface area contributed by atoms with Gasteiger partial charge in [0.05, 0.1) is 12.2 Å². The van der Waals surface area contributed by atoms with E-state index in [1.54, 1.807) is 14.2 Å². The topological polar surface area (TPSA) is 27.7 Å². The molecule has 0 unspecified atom stereocenters. The van der Waals surface area contributed by atoms with Gasteiger partial charge < -0.3 is 14.2 Å². The van der Waals surface area contributed by atoms with Crippen molar-refractivity contribution in [3.05, 3.63) is 12.7 Å². The highest BCUT2D eigenvalue weighted by Gasteiger charge is 2.56. The monoisotopic (exact) mass is 256 g/mol. The Morgan fingerprint density at radius 3 is 2.22 bits per heavy atom. The van der Waals surface area contributed by atoms with Crippen LogP contribution in [-0.4, -0.2) is 38.1 Å². The van der Waals surface area contributed by atoms with Crippen LogP contribution >= 0.6 is 0 Å². The average molecular weight is 256 g/mol. The van der Waals surface area contributed by atoms with Gasteiger partial charge in [-0.1, -0.05) is 33.8 Å². The summed E-state index contributed by atoms with van der Waals surface area (Å²) in [6, 6.07) is 0. The quantitative estimate of drug-likeness (QED) is 0.684. The molecule has 3 nitrogen and oxygen atoms in total. The van der Waals surface area contributed by atoms with Crippen LogP contribution < -0.4 is 0 Å². The van der Waals surface area contributed by atoms with E-state index in [1.807, 2.05) is 6.08 Å².